The fourth-order valence-corrected chi connectivity index (χ4v) is 3.98. The summed E-state index contributed by atoms with van der Waals surface area (Å²) < 4.78 is 6.08. The lowest BCUT2D eigenvalue weighted by atomic mass is 10.1. The molecule has 0 unspecified atom stereocenters. The van der Waals surface area contributed by atoms with Crippen molar-refractivity contribution in [2.45, 2.75) is 6.92 Å². The number of allylic oxidation sites excluding steroid dienone is 1. The maximum Gasteiger partial charge on any atom is 0.164 e. The van der Waals surface area contributed by atoms with Crippen LogP contribution in [0.25, 0.3) is 45.4 Å². The van der Waals surface area contributed by atoms with Crippen molar-refractivity contribution in [3.05, 3.63) is 113 Å². The van der Waals surface area contributed by atoms with E-state index in [-0.39, 0.29) is 0 Å². The number of nitrogens with zero attached hydrogens (tertiary/aromatic N) is 3. The summed E-state index contributed by atoms with van der Waals surface area (Å²) in [6, 6.07) is 25.3. The second kappa shape index (κ2) is 8.85. The van der Waals surface area contributed by atoms with Crippen molar-refractivity contribution in [2.75, 3.05) is 0 Å². The van der Waals surface area contributed by atoms with Crippen LogP contribution in [0.5, 0.6) is 0 Å². The molecule has 5 heteroatoms. The Bertz CT molecular complexity index is 1530. The molecule has 0 aliphatic heterocycles. The highest BCUT2D eigenvalue weighted by atomic mass is 35.5. The van der Waals surface area contributed by atoms with E-state index in [0.29, 0.717) is 27.9 Å². The third-order valence-electron chi connectivity index (χ3n) is 5.35. The van der Waals surface area contributed by atoms with Crippen molar-refractivity contribution in [1.82, 2.24) is 15.0 Å². The molecule has 160 valence electrons. The molecule has 0 N–H and O–H groups in total. The highest BCUT2D eigenvalue weighted by Gasteiger charge is 2.15. The lowest BCUT2D eigenvalue weighted by Crippen LogP contribution is -2.24. The van der Waals surface area contributed by atoms with E-state index < -0.39 is 0 Å². The normalized spacial score (nSPS) is 12.7. The van der Waals surface area contributed by atoms with Gasteiger partial charge in [0.15, 0.2) is 17.5 Å². The molecule has 0 aliphatic rings. The van der Waals surface area contributed by atoms with Gasteiger partial charge in [-0.2, -0.15) is 0 Å². The van der Waals surface area contributed by atoms with Gasteiger partial charge in [-0.3, -0.25) is 0 Å². The molecule has 0 saturated carbocycles. The van der Waals surface area contributed by atoms with Crippen LogP contribution in [0.1, 0.15) is 12.7 Å². The first kappa shape index (κ1) is 20.9. The largest absolute Gasteiger partial charge is 0.456 e. The zero-order valence-electron chi connectivity index (χ0n) is 18.0. The maximum absolute atomic E-state index is 6.32. The van der Waals surface area contributed by atoms with Crippen molar-refractivity contribution in [3.8, 4) is 22.8 Å². The smallest absolute Gasteiger partial charge is 0.164 e. The Balaban J connectivity index is 1.88. The van der Waals surface area contributed by atoms with Gasteiger partial charge in [0.2, 0.25) is 0 Å². The molecule has 2 aromatic heterocycles. The van der Waals surface area contributed by atoms with Crippen LogP contribution in [0.2, 0.25) is 5.02 Å². The van der Waals surface area contributed by atoms with Crippen LogP contribution in [0.15, 0.2) is 95.9 Å². The van der Waals surface area contributed by atoms with Crippen LogP contribution >= 0.6 is 11.6 Å². The molecule has 0 radical (unpaired) electrons. The summed E-state index contributed by atoms with van der Waals surface area (Å²) in [4.78, 5) is 14.5. The van der Waals surface area contributed by atoms with Crippen molar-refractivity contribution >= 4 is 34.2 Å². The second-order valence-electron chi connectivity index (χ2n) is 7.43. The summed E-state index contributed by atoms with van der Waals surface area (Å²) in [5, 5.41) is 2.36. The molecule has 0 amide bonds. The SMILES string of the molecule is C=C/C(c1nc(-c2ccccc2)nc(-c2ccccc2)n1)=c1\c(=C/C)oc2ccc(Cl)cc12. The number of furan rings is 1. The molecule has 0 spiro atoms. The minimum absolute atomic E-state index is 0.517. The second-order valence-corrected chi connectivity index (χ2v) is 7.86. The molecule has 0 atom stereocenters. The molecule has 33 heavy (non-hydrogen) atoms. The highest BCUT2D eigenvalue weighted by molar-refractivity contribution is 6.31. The number of rotatable bonds is 4. The number of halogens is 1. The highest BCUT2D eigenvalue weighted by Crippen LogP contribution is 2.23. The van der Waals surface area contributed by atoms with E-state index in [9.17, 15) is 0 Å². The number of benzene rings is 3. The molecular formula is C28H20ClN3O. The van der Waals surface area contributed by atoms with Crippen LogP contribution in [-0.2, 0) is 0 Å². The van der Waals surface area contributed by atoms with Crippen LogP contribution < -0.4 is 10.6 Å². The van der Waals surface area contributed by atoms with Gasteiger partial charge in [-0.25, -0.2) is 15.0 Å². The summed E-state index contributed by atoms with van der Waals surface area (Å²) in [6.45, 7) is 6.01. The molecule has 2 heterocycles. The standard InChI is InChI=1S/C28H20ClN3O/c1-3-21(25-22-17-20(29)15-16-24(22)33-23(25)4-2)28-31-26(18-11-7-5-8-12-18)30-27(32-28)19-13-9-6-10-14-19/h3-17H,1H2,2H3/b23-4+,25-21+. The fraction of sp³-hybridized carbons (Fsp3) is 0.0357. The van der Waals surface area contributed by atoms with Gasteiger partial charge in [-0.15, -0.1) is 0 Å². The molecule has 0 bridgehead atoms. The topological polar surface area (TPSA) is 51.8 Å². The van der Waals surface area contributed by atoms with E-state index >= 15 is 0 Å². The van der Waals surface area contributed by atoms with Crippen molar-refractivity contribution in [3.63, 3.8) is 0 Å². The molecule has 0 aliphatic carbocycles. The van der Waals surface area contributed by atoms with E-state index in [1.54, 1.807) is 6.08 Å². The number of hydrogen-bond donors (Lipinski definition) is 0. The Labute approximate surface area is 196 Å². The Kier molecular flexibility index (Phi) is 5.59. The van der Waals surface area contributed by atoms with E-state index in [2.05, 4.69) is 6.58 Å². The van der Waals surface area contributed by atoms with Crippen molar-refractivity contribution < 1.29 is 4.42 Å². The first-order valence-corrected chi connectivity index (χ1v) is 10.9. The van der Waals surface area contributed by atoms with Crippen LogP contribution in [0.4, 0.5) is 0 Å². The van der Waals surface area contributed by atoms with Gasteiger partial charge in [0.05, 0.1) is 0 Å². The average molecular weight is 450 g/mol. The predicted octanol–water partition coefficient (Wildman–Crippen LogP) is 5.79. The first-order chi connectivity index (χ1) is 16.2. The minimum Gasteiger partial charge on any atom is -0.456 e. The summed E-state index contributed by atoms with van der Waals surface area (Å²) in [5.41, 5.74) is 4.02. The quantitative estimate of drug-likeness (QED) is 0.348. The Hall–Kier alpha value is -4.02. The van der Waals surface area contributed by atoms with Gasteiger partial charge in [-0.1, -0.05) is 84.9 Å². The lowest BCUT2D eigenvalue weighted by Gasteiger charge is -2.08. The van der Waals surface area contributed by atoms with E-state index in [4.69, 9.17) is 31.0 Å². The molecule has 5 aromatic rings. The van der Waals surface area contributed by atoms with Crippen LogP contribution in [0.3, 0.4) is 0 Å². The van der Waals surface area contributed by atoms with E-state index in [1.807, 2.05) is 91.9 Å². The van der Waals surface area contributed by atoms with Crippen molar-refractivity contribution in [1.29, 1.82) is 0 Å². The lowest BCUT2D eigenvalue weighted by molar-refractivity contribution is 0.574. The van der Waals surface area contributed by atoms with Gasteiger partial charge in [0.25, 0.3) is 0 Å². The monoisotopic (exact) mass is 449 g/mol. The number of hydrogen-bond acceptors (Lipinski definition) is 4. The van der Waals surface area contributed by atoms with Gasteiger partial charge >= 0.3 is 0 Å². The van der Waals surface area contributed by atoms with Gasteiger partial charge in [0, 0.05) is 32.3 Å². The zero-order valence-corrected chi connectivity index (χ0v) is 18.8. The fourth-order valence-electron chi connectivity index (χ4n) is 3.80. The molecular weight excluding hydrogens is 430 g/mol. The Morgan fingerprint density at radius 1 is 0.848 bits per heavy atom. The van der Waals surface area contributed by atoms with Crippen LogP contribution in [0, 0.1) is 0 Å². The summed E-state index contributed by atoms with van der Waals surface area (Å²) in [5.74, 6) is 1.70. The Morgan fingerprint density at radius 2 is 1.45 bits per heavy atom. The predicted molar refractivity (Wildman–Crippen MR) is 134 cm³/mol. The molecule has 0 saturated heterocycles. The van der Waals surface area contributed by atoms with Gasteiger partial charge < -0.3 is 4.42 Å². The maximum atomic E-state index is 6.32. The third kappa shape index (κ3) is 3.97. The van der Waals surface area contributed by atoms with E-state index in [0.717, 1.165) is 32.9 Å². The third-order valence-corrected chi connectivity index (χ3v) is 5.59. The number of fused-ring (bicyclic) bond motifs is 1. The van der Waals surface area contributed by atoms with Crippen LogP contribution in [-0.4, -0.2) is 15.0 Å². The van der Waals surface area contributed by atoms with E-state index in [1.165, 1.54) is 0 Å². The first-order valence-electron chi connectivity index (χ1n) is 10.6. The minimum atomic E-state index is 0.517. The Morgan fingerprint density at radius 3 is 2.00 bits per heavy atom. The molecule has 0 fully saturated rings. The molecule has 3 aromatic carbocycles. The summed E-state index contributed by atoms with van der Waals surface area (Å²) in [7, 11) is 0. The van der Waals surface area contributed by atoms with Crippen molar-refractivity contribution in [2.24, 2.45) is 0 Å². The summed E-state index contributed by atoms with van der Waals surface area (Å²) in [6.07, 6.45) is 3.68. The average Bonchev–Trinajstić information content (AvgIpc) is 3.23. The van der Waals surface area contributed by atoms with Gasteiger partial charge in [0.1, 0.15) is 11.0 Å². The molecule has 5 rings (SSSR count). The summed E-state index contributed by atoms with van der Waals surface area (Å²) >= 11 is 6.32. The number of aromatic nitrogens is 3. The van der Waals surface area contributed by atoms with Gasteiger partial charge in [-0.05, 0) is 31.2 Å². The molecule has 4 nitrogen and oxygen atoms in total. The zero-order chi connectivity index (χ0) is 22.8.